The first-order chi connectivity index (χ1) is 39.3. The van der Waals surface area contributed by atoms with Gasteiger partial charge in [-0.15, -0.1) is 0 Å². The van der Waals surface area contributed by atoms with Crippen LogP contribution in [0.2, 0.25) is 0 Å². The maximum atomic E-state index is 13.7. The van der Waals surface area contributed by atoms with Crippen molar-refractivity contribution in [2.75, 3.05) is 24.9 Å². The fourth-order valence-corrected chi connectivity index (χ4v) is 18.1. The number of hydrogen-bond donors (Lipinski definition) is 4. The molecule has 10 aromatic carbocycles. The Morgan fingerprint density at radius 3 is 0.762 bits per heavy atom. The van der Waals surface area contributed by atoms with Crippen LogP contribution < -0.4 is 41.8 Å². The van der Waals surface area contributed by atoms with Gasteiger partial charge in [0.2, 0.25) is 0 Å². The van der Waals surface area contributed by atoms with Crippen LogP contribution in [0, 0.1) is 0 Å². The molecule has 0 amide bonds. The van der Waals surface area contributed by atoms with E-state index in [4.69, 9.17) is 18.3 Å². The number of anilines is 2. The third-order valence-corrected chi connectivity index (χ3v) is 22.0. The lowest BCUT2D eigenvalue weighted by atomic mass is 10.0. The summed E-state index contributed by atoms with van der Waals surface area (Å²) in [6.07, 6.45) is -2.14. The lowest BCUT2D eigenvalue weighted by Crippen LogP contribution is -2.71. The van der Waals surface area contributed by atoms with E-state index in [2.05, 4.69) is 83.4 Å². The minimum Gasteiger partial charge on any atom is -0.506 e. The highest BCUT2D eigenvalue weighted by atomic mass is 28.4. The molecule has 0 unspecified atom stereocenters. The average molecular weight is 1090 g/mol. The van der Waals surface area contributed by atoms with Crippen LogP contribution in [0.4, 0.5) is 11.4 Å². The number of ether oxygens (including phenoxy) is 2. The second-order valence-corrected chi connectivity index (χ2v) is 25.4. The first-order valence-corrected chi connectivity index (χ1v) is 30.1. The van der Waals surface area contributed by atoms with Crippen molar-refractivity contribution in [1.82, 2.24) is 0 Å². The van der Waals surface area contributed by atoms with Crippen LogP contribution in [-0.2, 0) is 27.9 Å². The zero-order chi connectivity index (χ0) is 55.6. The molecule has 0 saturated heterocycles. The summed E-state index contributed by atoms with van der Waals surface area (Å²) in [6, 6.07) is 92.4. The number of carbonyl (C=O) groups excluding carboxylic acids is 2. The average Bonchev–Trinajstić information content (AvgIpc) is 3.67. The molecule has 10 rings (SSSR count). The van der Waals surface area contributed by atoms with Crippen LogP contribution in [0.25, 0.3) is 0 Å². The Bertz CT molecular complexity index is 3070. The molecule has 4 atom stereocenters. The van der Waals surface area contributed by atoms with Crippen LogP contribution in [-0.4, -0.2) is 65.2 Å². The maximum Gasteiger partial charge on any atom is 0.336 e. The Morgan fingerprint density at radius 2 is 0.537 bits per heavy atom. The third-order valence-electron chi connectivity index (χ3n) is 13.9. The molecule has 10 nitrogen and oxygen atoms in total. The fourth-order valence-electron chi connectivity index (χ4n) is 10.1. The van der Waals surface area contributed by atoms with Gasteiger partial charge >= 0.3 is 11.9 Å². The molecule has 80 heavy (non-hydrogen) atoms. The van der Waals surface area contributed by atoms with Gasteiger partial charge in [0.05, 0.1) is 37.7 Å². The highest BCUT2D eigenvalue weighted by Crippen LogP contribution is 2.34. The number of para-hydroxylation sites is 4. The second kappa shape index (κ2) is 26.8. The highest BCUT2D eigenvalue weighted by Gasteiger charge is 2.49. The Morgan fingerprint density at radius 1 is 0.325 bits per heavy atom. The number of esters is 2. The number of benzene rings is 10. The number of hydrogen-bond acceptors (Lipinski definition) is 10. The Labute approximate surface area is 469 Å². The van der Waals surface area contributed by atoms with Gasteiger partial charge in [-0.25, -0.2) is 9.59 Å². The van der Waals surface area contributed by atoms with E-state index in [1.807, 2.05) is 182 Å². The van der Waals surface area contributed by atoms with E-state index >= 15 is 0 Å². The van der Waals surface area contributed by atoms with Crippen LogP contribution >= 0.6 is 0 Å². The molecule has 0 bridgehead atoms. The number of methoxy groups -OCH3 is 2. The van der Waals surface area contributed by atoms with Crippen molar-refractivity contribution < 1.29 is 38.1 Å². The topological polar surface area (TPSA) is 136 Å². The van der Waals surface area contributed by atoms with Gasteiger partial charge < -0.3 is 39.2 Å². The van der Waals surface area contributed by atoms with Crippen molar-refractivity contribution in [2.24, 2.45) is 0 Å². The van der Waals surface area contributed by atoms with Crippen molar-refractivity contribution in [3.05, 3.63) is 302 Å². The Balaban J connectivity index is 0.000000194. The molecule has 0 fully saturated rings. The quantitative estimate of drug-likeness (QED) is 0.0253. The van der Waals surface area contributed by atoms with E-state index in [0.717, 1.165) is 42.2 Å². The molecular weight excluding hydrogens is 1030 g/mol. The maximum absolute atomic E-state index is 13.7. The summed E-state index contributed by atoms with van der Waals surface area (Å²) in [7, 11) is -3.85. The molecule has 400 valence electrons. The van der Waals surface area contributed by atoms with Gasteiger partial charge in [0.25, 0.3) is 16.6 Å². The van der Waals surface area contributed by atoms with Crippen molar-refractivity contribution >= 4 is 71.1 Å². The van der Waals surface area contributed by atoms with E-state index in [0.29, 0.717) is 11.4 Å². The second-order valence-electron chi connectivity index (χ2n) is 18.8. The number of nitrogens with one attached hydrogen (secondary N) is 2. The third kappa shape index (κ3) is 12.5. The molecule has 0 saturated carbocycles. The lowest BCUT2D eigenvalue weighted by molar-refractivity contribution is -0.150. The number of phenolic OH excluding ortho intramolecular Hbond substituents is 2. The normalized spacial score (nSPS) is 12.7. The minimum atomic E-state index is -3.30. The van der Waals surface area contributed by atoms with E-state index in [1.165, 1.54) is 14.2 Å². The standard InChI is InChI=1S/2C34H31NO4Si/c2*1-38-34(37)33(32(26-16-6-2-7-17-26)35-30-24-14-15-25-31(30)36)39-40(27-18-8-3-9-19-27,28-20-10-4-11-21-28)29-22-12-5-13-23-29/h2*2-25,32-33,35-36H,1H3/t2*32-,33+/m00/s1. The fraction of sp³-hybridized carbons (Fsp3) is 0.0882. The molecule has 0 heterocycles. The molecule has 12 heteroatoms. The van der Waals surface area contributed by atoms with Crippen molar-refractivity contribution in [2.45, 2.75) is 24.3 Å². The van der Waals surface area contributed by atoms with Gasteiger partial charge in [-0.1, -0.05) is 267 Å². The van der Waals surface area contributed by atoms with E-state index < -0.39 is 52.9 Å². The van der Waals surface area contributed by atoms with Gasteiger partial charge in [0, 0.05) is 0 Å². The monoisotopic (exact) mass is 1090 g/mol. The van der Waals surface area contributed by atoms with Gasteiger partial charge in [-0.3, -0.25) is 0 Å². The van der Waals surface area contributed by atoms with Crippen LogP contribution in [0.1, 0.15) is 23.2 Å². The summed E-state index contributed by atoms with van der Waals surface area (Å²) in [4.78, 5) is 27.5. The predicted molar refractivity (Wildman–Crippen MR) is 324 cm³/mol. The summed E-state index contributed by atoms with van der Waals surface area (Å²) in [5, 5.41) is 34.1. The largest absolute Gasteiger partial charge is 0.506 e. The van der Waals surface area contributed by atoms with Crippen LogP contribution in [0.15, 0.2) is 291 Å². The lowest BCUT2D eigenvalue weighted by Gasteiger charge is -2.38. The van der Waals surface area contributed by atoms with E-state index in [9.17, 15) is 19.8 Å². The minimum absolute atomic E-state index is 0.0738. The van der Waals surface area contributed by atoms with Crippen LogP contribution in [0.5, 0.6) is 11.5 Å². The molecule has 0 aromatic heterocycles. The summed E-state index contributed by atoms with van der Waals surface area (Å²) < 4.78 is 25.4. The van der Waals surface area contributed by atoms with Crippen molar-refractivity contribution in [3.63, 3.8) is 0 Å². The number of carbonyl (C=O) groups is 2. The predicted octanol–water partition coefficient (Wildman–Crippen LogP) is 9.54. The smallest absolute Gasteiger partial charge is 0.336 e. The summed E-state index contributed by atoms with van der Waals surface area (Å²) in [5.74, 6) is -0.887. The number of phenols is 2. The SMILES string of the molecule is COC(=O)[C@H](O[Si](c1ccccc1)(c1ccccc1)c1ccccc1)[C@@H](Nc1ccccc1O)c1ccccc1.COC(=O)[C@H](O[Si](c1ccccc1)(c1ccccc1)c1ccccc1)[C@@H](Nc1ccccc1O)c1ccccc1. The zero-order valence-electron chi connectivity index (χ0n) is 44.4. The molecule has 0 aliphatic heterocycles. The highest BCUT2D eigenvalue weighted by molar-refractivity contribution is 7.07. The van der Waals surface area contributed by atoms with E-state index in [-0.39, 0.29) is 11.5 Å². The molecule has 0 radical (unpaired) electrons. The molecule has 10 aromatic rings. The number of rotatable bonds is 20. The Hall–Kier alpha value is -9.31. The Kier molecular flexibility index (Phi) is 18.6. The van der Waals surface area contributed by atoms with Gasteiger partial charge in [-0.05, 0) is 66.5 Å². The molecule has 4 N–H and O–H groups in total. The number of aromatic hydroxyl groups is 2. The molecular formula is C68H62N2O8Si2. The molecule has 0 aliphatic carbocycles. The molecule has 0 aliphatic rings. The summed E-state index contributed by atoms with van der Waals surface area (Å²) >= 11 is 0. The van der Waals surface area contributed by atoms with Gasteiger partial charge in [0.15, 0.2) is 12.2 Å². The van der Waals surface area contributed by atoms with Crippen molar-refractivity contribution in [3.8, 4) is 11.5 Å². The first-order valence-electron chi connectivity index (χ1n) is 26.3. The first kappa shape index (κ1) is 55.4. The zero-order valence-corrected chi connectivity index (χ0v) is 46.4. The van der Waals surface area contributed by atoms with E-state index in [1.54, 1.807) is 36.4 Å². The molecule has 0 spiro atoms. The van der Waals surface area contributed by atoms with Gasteiger partial charge in [-0.2, -0.15) is 0 Å². The van der Waals surface area contributed by atoms with Crippen molar-refractivity contribution in [1.29, 1.82) is 0 Å². The van der Waals surface area contributed by atoms with Gasteiger partial charge in [0.1, 0.15) is 11.5 Å². The van der Waals surface area contributed by atoms with Crippen LogP contribution in [0.3, 0.4) is 0 Å². The summed E-state index contributed by atoms with van der Waals surface area (Å²) in [6.45, 7) is 0. The summed E-state index contributed by atoms with van der Waals surface area (Å²) in [5.41, 5.74) is 2.61.